The Morgan fingerprint density at radius 1 is 1.58 bits per heavy atom. The zero-order valence-electron chi connectivity index (χ0n) is 8.27. The first kappa shape index (κ1) is 9.30. The molecule has 0 aromatic rings. The van der Waals surface area contributed by atoms with Crippen molar-refractivity contribution < 1.29 is 4.79 Å². The van der Waals surface area contributed by atoms with Gasteiger partial charge in [0.25, 0.3) is 0 Å². The van der Waals surface area contributed by atoms with Crippen LogP contribution in [0, 0.1) is 11.3 Å². The maximum atomic E-state index is 11.4. The van der Waals surface area contributed by atoms with Crippen LogP contribution in [-0.2, 0) is 4.79 Å². The lowest BCUT2D eigenvalue weighted by Crippen LogP contribution is -2.24. The van der Waals surface area contributed by atoms with E-state index in [9.17, 15) is 4.79 Å². The first-order valence-electron chi connectivity index (χ1n) is 4.41. The van der Waals surface area contributed by atoms with E-state index >= 15 is 0 Å². The third-order valence-electron chi connectivity index (χ3n) is 2.58. The molecule has 1 atom stereocenters. The van der Waals surface area contributed by atoms with Crippen molar-refractivity contribution in [1.29, 1.82) is 0 Å². The Hall–Kier alpha value is -0.790. The number of hydrogen-bond donors (Lipinski definition) is 1. The van der Waals surface area contributed by atoms with Crippen LogP contribution in [0.3, 0.4) is 0 Å². The van der Waals surface area contributed by atoms with Crippen LogP contribution >= 0.6 is 0 Å². The number of hydrogen-bond acceptors (Lipinski definition) is 1. The topological polar surface area (TPSA) is 29.1 Å². The Labute approximate surface area is 74.0 Å². The fourth-order valence-corrected chi connectivity index (χ4v) is 1.27. The second kappa shape index (κ2) is 2.92. The molecule has 1 aliphatic rings. The van der Waals surface area contributed by atoms with E-state index in [0.717, 1.165) is 12.1 Å². The number of nitrogens with one attached hydrogen (secondary N) is 1. The molecule has 2 heteroatoms. The van der Waals surface area contributed by atoms with Crippen LogP contribution in [-0.4, -0.2) is 5.91 Å². The minimum absolute atomic E-state index is 0.176. The predicted octanol–water partition coefficient (Wildman–Crippen LogP) is 2.07. The fraction of sp³-hybridized carbons (Fsp3) is 0.700. The van der Waals surface area contributed by atoms with E-state index in [4.69, 9.17) is 0 Å². The molecule has 12 heavy (non-hydrogen) atoms. The van der Waals surface area contributed by atoms with Crippen LogP contribution in [0.25, 0.3) is 0 Å². The van der Waals surface area contributed by atoms with E-state index in [1.165, 1.54) is 0 Å². The highest BCUT2D eigenvalue weighted by Crippen LogP contribution is 2.51. The summed E-state index contributed by atoms with van der Waals surface area (Å²) in [6.45, 7) is 8.09. The molecule has 0 aromatic heterocycles. The van der Waals surface area contributed by atoms with Crippen molar-refractivity contribution >= 4 is 5.91 Å². The van der Waals surface area contributed by atoms with Crippen molar-refractivity contribution in [2.24, 2.45) is 11.3 Å². The quantitative estimate of drug-likeness (QED) is 0.670. The lowest BCUT2D eigenvalue weighted by Gasteiger charge is -2.05. The molecular weight excluding hydrogens is 150 g/mol. The van der Waals surface area contributed by atoms with E-state index in [2.05, 4.69) is 19.2 Å². The third kappa shape index (κ3) is 1.87. The molecule has 1 amide bonds. The molecule has 0 heterocycles. The predicted molar refractivity (Wildman–Crippen MR) is 49.5 cm³/mol. The molecule has 1 aliphatic carbocycles. The third-order valence-corrected chi connectivity index (χ3v) is 2.58. The summed E-state index contributed by atoms with van der Waals surface area (Å²) < 4.78 is 0. The number of rotatable bonds is 2. The molecule has 0 radical (unpaired) electrons. The van der Waals surface area contributed by atoms with E-state index in [-0.39, 0.29) is 17.2 Å². The molecule has 1 saturated carbocycles. The van der Waals surface area contributed by atoms with Crippen molar-refractivity contribution in [1.82, 2.24) is 5.32 Å². The van der Waals surface area contributed by atoms with Crippen molar-refractivity contribution in [2.45, 2.75) is 34.1 Å². The molecular formula is C10H17NO. The van der Waals surface area contributed by atoms with Gasteiger partial charge < -0.3 is 5.32 Å². The maximum absolute atomic E-state index is 11.4. The van der Waals surface area contributed by atoms with Gasteiger partial charge in [0, 0.05) is 11.6 Å². The van der Waals surface area contributed by atoms with Gasteiger partial charge in [0.15, 0.2) is 0 Å². The molecule has 68 valence electrons. The molecule has 2 nitrogen and oxygen atoms in total. The highest BCUT2D eigenvalue weighted by molar-refractivity contribution is 5.83. The van der Waals surface area contributed by atoms with Crippen molar-refractivity contribution in [3.05, 3.63) is 11.8 Å². The van der Waals surface area contributed by atoms with Gasteiger partial charge in [-0.1, -0.05) is 19.9 Å². The number of carbonyl (C=O) groups is 1. The molecule has 0 aliphatic heterocycles. The normalized spacial score (nSPS) is 26.7. The van der Waals surface area contributed by atoms with Gasteiger partial charge in [-0.2, -0.15) is 0 Å². The van der Waals surface area contributed by atoms with Crippen LogP contribution in [0.1, 0.15) is 34.1 Å². The van der Waals surface area contributed by atoms with Crippen LogP contribution in [0.5, 0.6) is 0 Å². The van der Waals surface area contributed by atoms with Gasteiger partial charge in [0.1, 0.15) is 0 Å². The van der Waals surface area contributed by atoms with E-state index < -0.39 is 0 Å². The second-order valence-corrected chi connectivity index (χ2v) is 4.21. The van der Waals surface area contributed by atoms with Crippen LogP contribution in [0.15, 0.2) is 11.8 Å². The lowest BCUT2D eigenvalue weighted by molar-refractivity contribution is -0.122. The zero-order valence-corrected chi connectivity index (χ0v) is 8.27. The monoisotopic (exact) mass is 167 g/mol. The van der Waals surface area contributed by atoms with E-state index in [1.807, 2.05) is 19.9 Å². The fourth-order valence-electron chi connectivity index (χ4n) is 1.27. The summed E-state index contributed by atoms with van der Waals surface area (Å²) in [7, 11) is 0. The first-order chi connectivity index (χ1) is 5.47. The minimum atomic E-state index is 0.176. The second-order valence-electron chi connectivity index (χ2n) is 4.21. The Bertz CT molecular complexity index is 228. The molecule has 1 fully saturated rings. The largest absolute Gasteiger partial charge is 0.330 e. The van der Waals surface area contributed by atoms with Gasteiger partial charge in [0.2, 0.25) is 5.91 Å². The Morgan fingerprint density at radius 3 is 2.42 bits per heavy atom. The van der Waals surface area contributed by atoms with Crippen molar-refractivity contribution in [3.8, 4) is 0 Å². The maximum Gasteiger partial charge on any atom is 0.227 e. The lowest BCUT2D eigenvalue weighted by atomic mass is 10.1. The minimum Gasteiger partial charge on any atom is -0.330 e. The summed E-state index contributed by atoms with van der Waals surface area (Å²) >= 11 is 0. The van der Waals surface area contributed by atoms with E-state index in [1.54, 1.807) is 0 Å². The standard InChI is InChI=1S/C10H17NO/c1-5-7(2)11-9(12)8-6-10(8,3)4/h5,8H,6H2,1-4H3,(H,11,12)/b7-5-. The highest BCUT2D eigenvalue weighted by Gasteiger charge is 2.50. The Kier molecular flexibility index (Phi) is 2.27. The van der Waals surface area contributed by atoms with Gasteiger partial charge in [-0.05, 0) is 25.7 Å². The van der Waals surface area contributed by atoms with Crippen LogP contribution in [0.2, 0.25) is 0 Å². The van der Waals surface area contributed by atoms with Crippen LogP contribution < -0.4 is 5.32 Å². The smallest absolute Gasteiger partial charge is 0.227 e. The molecule has 1 unspecified atom stereocenters. The van der Waals surface area contributed by atoms with Crippen molar-refractivity contribution in [3.63, 3.8) is 0 Å². The summed E-state index contributed by atoms with van der Waals surface area (Å²) in [6, 6.07) is 0. The number of carbonyl (C=O) groups excluding carboxylic acids is 1. The summed E-state index contributed by atoms with van der Waals surface area (Å²) in [5, 5.41) is 2.87. The summed E-state index contributed by atoms with van der Waals surface area (Å²) in [5.74, 6) is 0.406. The van der Waals surface area contributed by atoms with Gasteiger partial charge in [-0.25, -0.2) is 0 Å². The molecule has 0 saturated heterocycles. The Balaban J connectivity index is 2.42. The van der Waals surface area contributed by atoms with Crippen molar-refractivity contribution in [2.75, 3.05) is 0 Å². The molecule has 0 spiro atoms. The molecule has 1 rings (SSSR count). The van der Waals surface area contributed by atoms with Crippen LogP contribution in [0.4, 0.5) is 0 Å². The molecule has 0 aromatic carbocycles. The molecule has 0 bridgehead atoms. The molecule has 1 N–H and O–H groups in total. The summed E-state index contributed by atoms with van der Waals surface area (Å²) in [6.07, 6.45) is 2.93. The van der Waals surface area contributed by atoms with E-state index in [0.29, 0.717) is 0 Å². The summed E-state index contributed by atoms with van der Waals surface area (Å²) in [4.78, 5) is 11.4. The van der Waals surface area contributed by atoms with Gasteiger partial charge in [0.05, 0.1) is 0 Å². The first-order valence-corrected chi connectivity index (χ1v) is 4.41. The average molecular weight is 167 g/mol. The van der Waals surface area contributed by atoms with Gasteiger partial charge in [-0.3, -0.25) is 4.79 Å². The average Bonchev–Trinajstić information content (AvgIpc) is 2.59. The zero-order chi connectivity index (χ0) is 9.35. The summed E-state index contributed by atoms with van der Waals surface area (Å²) in [5.41, 5.74) is 1.18. The van der Waals surface area contributed by atoms with Gasteiger partial charge >= 0.3 is 0 Å². The highest BCUT2D eigenvalue weighted by atomic mass is 16.2. The van der Waals surface area contributed by atoms with Gasteiger partial charge in [-0.15, -0.1) is 0 Å². The Morgan fingerprint density at radius 2 is 2.08 bits per heavy atom. The number of allylic oxidation sites excluding steroid dienone is 2. The SMILES string of the molecule is C/C=C(/C)NC(=O)C1CC1(C)C. The number of amides is 1.